The van der Waals surface area contributed by atoms with Gasteiger partial charge in [0.05, 0.1) is 32.7 Å². The summed E-state index contributed by atoms with van der Waals surface area (Å²) in [6, 6.07) is 3.72. The molecule has 2 heterocycles. The fourth-order valence-electron chi connectivity index (χ4n) is 3.12. The van der Waals surface area contributed by atoms with Crippen molar-refractivity contribution in [3.8, 4) is 0 Å². The molecule has 10 heteroatoms. The molecule has 1 N–H and O–H groups in total. The zero-order valence-corrected chi connectivity index (χ0v) is 17.3. The molecular formula is C18H16BrF3N2O3S. The number of carbonyl (C=O) groups is 1. The standard InChI is InChI=1S/C18H16BrF3N2O3S/c1-3-14-15(7-10(8-23-14)18(20,21)22)24-17(25)11-4-5-13(19)12-6-9(2)28(26,27)16(11)12/h4-5,7-9H,3,6H2,1-2H3,(H,24,25). The van der Waals surface area contributed by atoms with Crippen molar-refractivity contribution < 1.29 is 26.4 Å². The molecule has 0 bridgehead atoms. The van der Waals surface area contributed by atoms with Gasteiger partial charge in [-0.1, -0.05) is 22.9 Å². The molecule has 150 valence electrons. The normalized spacial score (nSPS) is 18.0. The van der Waals surface area contributed by atoms with Crippen LogP contribution in [0.1, 0.15) is 41.0 Å². The van der Waals surface area contributed by atoms with Gasteiger partial charge in [0.25, 0.3) is 5.91 Å². The van der Waals surface area contributed by atoms with Crippen molar-refractivity contribution in [1.29, 1.82) is 0 Å². The molecule has 3 rings (SSSR count). The number of pyridine rings is 1. The van der Waals surface area contributed by atoms with Crippen LogP contribution in [0.3, 0.4) is 0 Å². The molecule has 2 aromatic rings. The molecule has 0 saturated carbocycles. The first-order chi connectivity index (χ1) is 13.0. The van der Waals surface area contributed by atoms with E-state index in [-0.39, 0.29) is 28.3 Å². The summed E-state index contributed by atoms with van der Waals surface area (Å²) < 4.78 is 64.9. The highest BCUT2D eigenvalue weighted by Gasteiger charge is 2.39. The second-order valence-corrected chi connectivity index (χ2v) is 9.64. The zero-order chi connectivity index (χ0) is 20.9. The van der Waals surface area contributed by atoms with E-state index in [1.165, 1.54) is 6.07 Å². The molecule has 1 aliphatic heterocycles. The van der Waals surface area contributed by atoms with E-state index in [2.05, 4.69) is 26.2 Å². The van der Waals surface area contributed by atoms with Gasteiger partial charge in [0.15, 0.2) is 9.84 Å². The Hall–Kier alpha value is -1.94. The monoisotopic (exact) mass is 476 g/mol. The summed E-state index contributed by atoms with van der Waals surface area (Å²) in [4.78, 5) is 16.5. The molecular weight excluding hydrogens is 461 g/mol. The molecule has 0 aliphatic carbocycles. The van der Waals surface area contributed by atoms with E-state index in [1.807, 2.05) is 0 Å². The second kappa shape index (κ2) is 7.14. The number of amides is 1. The number of halogens is 4. The van der Waals surface area contributed by atoms with Gasteiger partial charge in [-0.15, -0.1) is 0 Å². The highest BCUT2D eigenvalue weighted by molar-refractivity contribution is 9.10. The lowest BCUT2D eigenvalue weighted by atomic mass is 10.1. The Balaban J connectivity index is 2.06. The lowest BCUT2D eigenvalue weighted by Crippen LogP contribution is -2.19. The first-order valence-corrected chi connectivity index (χ1v) is 10.7. The molecule has 1 amide bonds. The SMILES string of the molecule is CCc1ncc(C(F)(F)F)cc1NC(=O)c1ccc(Br)c2c1S(=O)(=O)C(C)C2. The third-order valence-corrected chi connectivity index (χ3v) is 7.64. The predicted octanol–water partition coefficient (Wildman–Crippen LogP) is 4.40. The van der Waals surface area contributed by atoms with Gasteiger partial charge in [0, 0.05) is 10.7 Å². The zero-order valence-electron chi connectivity index (χ0n) is 14.9. The van der Waals surface area contributed by atoms with E-state index in [9.17, 15) is 26.4 Å². The Morgan fingerprint density at radius 2 is 2.04 bits per heavy atom. The number of nitrogens with zero attached hydrogens (tertiary/aromatic N) is 1. The first kappa shape index (κ1) is 20.8. The summed E-state index contributed by atoms with van der Waals surface area (Å²) in [5.74, 6) is -0.794. The molecule has 0 saturated heterocycles. The minimum atomic E-state index is -4.61. The number of hydrogen-bond acceptors (Lipinski definition) is 4. The fraction of sp³-hybridized carbons (Fsp3) is 0.333. The number of aromatic nitrogens is 1. The minimum Gasteiger partial charge on any atom is -0.320 e. The number of benzene rings is 1. The number of alkyl halides is 3. The van der Waals surface area contributed by atoms with Crippen molar-refractivity contribution in [3.05, 3.63) is 51.3 Å². The molecule has 1 unspecified atom stereocenters. The van der Waals surface area contributed by atoms with Gasteiger partial charge in [-0.3, -0.25) is 9.78 Å². The minimum absolute atomic E-state index is 0.0788. The molecule has 0 spiro atoms. The van der Waals surface area contributed by atoms with Crippen LogP contribution in [0.4, 0.5) is 18.9 Å². The van der Waals surface area contributed by atoms with E-state index in [0.29, 0.717) is 22.7 Å². The smallest absolute Gasteiger partial charge is 0.320 e. The van der Waals surface area contributed by atoms with Crippen LogP contribution in [-0.4, -0.2) is 24.6 Å². The maximum Gasteiger partial charge on any atom is 0.417 e. The second-order valence-electron chi connectivity index (χ2n) is 6.49. The summed E-state index contributed by atoms with van der Waals surface area (Å²) in [6.45, 7) is 3.24. The van der Waals surface area contributed by atoms with Crippen molar-refractivity contribution in [3.63, 3.8) is 0 Å². The Morgan fingerprint density at radius 3 is 2.64 bits per heavy atom. The van der Waals surface area contributed by atoms with Gasteiger partial charge in [-0.25, -0.2) is 8.42 Å². The molecule has 0 fully saturated rings. The van der Waals surface area contributed by atoms with Gasteiger partial charge in [-0.2, -0.15) is 13.2 Å². The number of anilines is 1. The number of hydrogen-bond donors (Lipinski definition) is 1. The molecule has 1 atom stereocenters. The molecule has 1 aromatic heterocycles. The van der Waals surface area contributed by atoms with Crippen molar-refractivity contribution in [2.75, 3.05) is 5.32 Å². The van der Waals surface area contributed by atoms with Crippen LogP contribution in [0.25, 0.3) is 0 Å². The highest BCUT2D eigenvalue weighted by atomic mass is 79.9. The summed E-state index contributed by atoms with van der Waals surface area (Å²) >= 11 is 3.30. The van der Waals surface area contributed by atoms with Crippen molar-refractivity contribution in [1.82, 2.24) is 4.98 Å². The highest BCUT2D eigenvalue weighted by Crippen LogP contribution is 2.39. The van der Waals surface area contributed by atoms with Gasteiger partial charge >= 0.3 is 6.18 Å². The maximum atomic E-state index is 13.0. The largest absolute Gasteiger partial charge is 0.417 e. The van der Waals surface area contributed by atoms with E-state index >= 15 is 0 Å². The van der Waals surface area contributed by atoms with Gasteiger partial charge < -0.3 is 5.32 Å². The summed E-state index contributed by atoms with van der Waals surface area (Å²) in [5.41, 5.74) is -0.420. The lowest BCUT2D eigenvalue weighted by Gasteiger charge is -2.14. The van der Waals surface area contributed by atoms with E-state index in [1.54, 1.807) is 19.9 Å². The van der Waals surface area contributed by atoms with Crippen molar-refractivity contribution in [2.45, 2.75) is 43.0 Å². The topological polar surface area (TPSA) is 76.1 Å². The first-order valence-electron chi connectivity index (χ1n) is 8.39. The number of aryl methyl sites for hydroxylation is 1. The van der Waals surface area contributed by atoms with Crippen molar-refractivity contribution >= 4 is 37.4 Å². The van der Waals surface area contributed by atoms with E-state index < -0.39 is 32.7 Å². The van der Waals surface area contributed by atoms with Crippen LogP contribution in [0.5, 0.6) is 0 Å². The molecule has 0 radical (unpaired) electrons. The summed E-state index contributed by atoms with van der Waals surface area (Å²) in [6.07, 6.45) is -3.36. The number of sulfone groups is 1. The van der Waals surface area contributed by atoms with Crippen LogP contribution in [-0.2, 0) is 28.9 Å². The van der Waals surface area contributed by atoms with Crippen molar-refractivity contribution in [2.24, 2.45) is 0 Å². The van der Waals surface area contributed by atoms with Crippen LogP contribution in [0.15, 0.2) is 33.8 Å². The Kier molecular flexibility index (Phi) is 5.30. The molecule has 1 aromatic carbocycles. The Bertz CT molecular complexity index is 1070. The average molecular weight is 477 g/mol. The third-order valence-electron chi connectivity index (χ3n) is 4.63. The van der Waals surface area contributed by atoms with Gasteiger partial charge in [-0.05, 0) is 43.5 Å². The van der Waals surface area contributed by atoms with Gasteiger partial charge in [0.2, 0.25) is 0 Å². The lowest BCUT2D eigenvalue weighted by molar-refractivity contribution is -0.137. The van der Waals surface area contributed by atoms with E-state index in [0.717, 1.165) is 6.07 Å². The number of fused-ring (bicyclic) bond motifs is 1. The average Bonchev–Trinajstić information content (AvgIpc) is 2.85. The van der Waals surface area contributed by atoms with Crippen LogP contribution < -0.4 is 5.32 Å². The quantitative estimate of drug-likeness (QED) is 0.712. The number of carbonyl (C=O) groups excluding carboxylic acids is 1. The maximum absolute atomic E-state index is 13.0. The van der Waals surface area contributed by atoms with Crippen LogP contribution in [0, 0.1) is 0 Å². The molecule has 1 aliphatic rings. The van der Waals surface area contributed by atoms with Gasteiger partial charge in [0.1, 0.15) is 0 Å². The van der Waals surface area contributed by atoms with Crippen LogP contribution >= 0.6 is 15.9 Å². The van der Waals surface area contributed by atoms with Crippen LogP contribution in [0.2, 0.25) is 0 Å². The summed E-state index contributed by atoms with van der Waals surface area (Å²) in [5, 5.41) is 1.72. The summed E-state index contributed by atoms with van der Waals surface area (Å²) in [7, 11) is -3.71. The molecule has 28 heavy (non-hydrogen) atoms. The number of rotatable bonds is 3. The number of nitrogens with one attached hydrogen (secondary N) is 1. The predicted molar refractivity (Wildman–Crippen MR) is 101 cm³/mol. The Labute approximate surface area is 168 Å². The fourth-order valence-corrected chi connectivity index (χ4v) is 5.54. The Morgan fingerprint density at radius 1 is 1.36 bits per heavy atom. The molecule has 5 nitrogen and oxygen atoms in total. The third kappa shape index (κ3) is 3.55. The van der Waals surface area contributed by atoms with E-state index in [4.69, 9.17) is 0 Å².